The number of unbranched alkanes of at least 4 members (excludes halogenated alkanes) is 9. The van der Waals surface area contributed by atoms with Crippen molar-refractivity contribution in [3.05, 3.63) is 83.9 Å². The van der Waals surface area contributed by atoms with E-state index in [1.54, 1.807) is 0 Å². The summed E-state index contributed by atoms with van der Waals surface area (Å²) in [5.41, 5.74) is 2.17. The number of alkyl halides is 2. The van der Waals surface area contributed by atoms with Crippen LogP contribution in [0.1, 0.15) is 94.1 Å². The van der Waals surface area contributed by atoms with Crippen LogP contribution in [0.2, 0.25) is 0 Å². The summed E-state index contributed by atoms with van der Waals surface area (Å²) in [7, 11) is 0. The fourth-order valence-electron chi connectivity index (χ4n) is 5.14. The minimum Gasteiger partial charge on any atom is -0.377 e. The molecule has 0 radical (unpaired) electrons. The van der Waals surface area contributed by atoms with E-state index >= 15 is 0 Å². The molecule has 192 valence electrons. The molecule has 0 bridgehead atoms. The molecule has 0 N–H and O–H groups in total. The molecule has 3 heteroatoms. The SMILES string of the molecule is FC1C(C=CCCCCCCCCCCCOCc2ccccc2)CCC(c2ccccc2)C1F. The van der Waals surface area contributed by atoms with Crippen LogP contribution in [0.4, 0.5) is 8.78 Å². The van der Waals surface area contributed by atoms with Crippen molar-refractivity contribution in [2.24, 2.45) is 5.92 Å². The van der Waals surface area contributed by atoms with Crippen molar-refractivity contribution in [3.8, 4) is 0 Å². The summed E-state index contributed by atoms with van der Waals surface area (Å²) in [6.07, 6.45) is 14.9. The van der Waals surface area contributed by atoms with Gasteiger partial charge >= 0.3 is 0 Å². The Balaban J connectivity index is 1.12. The molecule has 1 aliphatic carbocycles. The number of benzene rings is 2. The molecule has 4 atom stereocenters. The quantitative estimate of drug-likeness (QED) is 0.171. The van der Waals surface area contributed by atoms with Gasteiger partial charge in [0.25, 0.3) is 0 Å². The summed E-state index contributed by atoms with van der Waals surface area (Å²) in [6.45, 7) is 1.57. The second-order valence-electron chi connectivity index (χ2n) is 10.1. The zero-order valence-corrected chi connectivity index (χ0v) is 21.3. The molecule has 0 amide bonds. The molecule has 3 rings (SSSR count). The van der Waals surface area contributed by atoms with Crippen LogP contribution in [-0.2, 0) is 11.3 Å². The third-order valence-corrected chi connectivity index (χ3v) is 7.29. The fourth-order valence-corrected chi connectivity index (χ4v) is 5.14. The average Bonchev–Trinajstić information content (AvgIpc) is 2.90. The number of halogens is 2. The molecule has 0 saturated heterocycles. The lowest BCUT2D eigenvalue weighted by atomic mass is 9.76. The Hall–Kier alpha value is -2.00. The minimum absolute atomic E-state index is 0.270. The van der Waals surface area contributed by atoms with E-state index in [9.17, 15) is 8.78 Å². The number of allylic oxidation sites excluding steroid dienone is 2. The van der Waals surface area contributed by atoms with Gasteiger partial charge < -0.3 is 4.74 Å². The minimum atomic E-state index is -1.40. The first-order valence-corrected chi connectivity index (χ1v) is 13.9. The second kappa shape index (κ2) is 16.6. The number of ether oxygens (including phenoxy) is 1. The van der Waals surface area contributed by atoms with Crippen molar-refractivity contribution in [2.75, 3.05) is 6.61 Å². The van der Waals surface area contributed by atoms with Crippen molar-refractivity contribution >= 4 is 0 Å². The smallest absolute Gasteiger partial charge is 0.139 e. The Labute approximate surface area is 212 Å². The van der Waals surface area contributed by atoms with E-state index < -0.39 is 12.3 Å². The predicted octanol–water partition coefficient (Wildman–Crippen LogP) is 9.53. The van der Waals surface area contributed by atoms with Crippen molar-refractivity contribution < 1.29 is 13.5 Å². The molecule has 1 nitrogen and oxygen atoms in total. The highest BCUT2D eigenvalue weighted by Gasteiger charge is 2.39. The van der Waals surface area contributed by atoms with Crippen LogP contribution < -0.4 is 0 Å². The first-order valence-electron chi connectivity index (χ1n) is 13.9. The molecule has 0 aliphatic heterocycles. The van der Waals surface area contributed by atoms with Crippen LogP contribution >= 0.6 is 0 Å². The highest BCUT2D eigenvalue weighted by molar-refractivity contribution is 5.23. The lowest BCUT2D eigenvalue weighted by Gasteiger charge is -2.33. The zero-order valence-electron chi connectivity index (χ0n) is 21.3. The maximum absolute atomic E-state index is 14.7. The molecular weight excluding hydrogens is 438 g/mol. The molecule has 0 aromatic heterocycles. The van der Waals surface area contributed by atoms with E-state index in [2.05, 4.69) is 30.3 Å². The topological polar surface area (TPSA) is 9.23 Å². The Morgan fingerprint density at radius 1 is 0.686 bits per heavy atom. The van der Waals surface area contributed by atoms with Crippen molar-refractivity contribution in [1.82, 2.24) is 0 Å². The van der Waals surface area contributed by atoms with Gasteiger partial charge in [-0.15, -0.1) is 0 Å². The standard InChI is InChI=1S/C32H44F2O/c33-31-29(23-24-30(32(31)34)28-20-15-11-16-21-28)22-14-8-6-4-2-1-3-5-7-9-17-25-35-26-27-18-12-10-13-19-27/h10-16,18-22,29-32H,1-9,17,23-26H2. The maximum Gasteiger partial charge on any atom is 0.139 e. The predicted molar refractivity (Wildman–Crippen MR) is 143 cm³/mol. The maximum atomic E-state index is 14.7. The van der Waals surface area contributed by atoms with E-state index in [1.165, 1.54) is 50.5 Å². The monoisotopic (exact) mass is 482 g/mol. The van der Waals surface area contributed by atoms with E-state index in [0.29, 0.717) is 0 Å². The lowest BCUT2D eigenvalue weighted by Crippen LogP contribution is -2.36. The van der Waals surface area contributed by atoms with E-state index in [0.717, 1.165) is 50.9 Å². The molecule has 35 heavy (non-hydrogen) atoms. The molecule has 1 saturated carbocycles. The van der Waals surface area contributed by atoms with Crippen molar-refractivity contribution in [1.29, 1.82) is 0 Å². The third kappa shape index (κ3) is 10.3. The van der Waals surface area contributed by atoms with Crippen molar-refractivity contribution in [2.45, 2.75) is 102 Å². The summed E-state index contributed by atoms with van der Waals surface area (Å²) in [6, 6.07) is 19.9. The average molecular weight is 483 g/mol. The Morgan fingerprint density at radius 3 is 1.97 bits per heavy atom. The summed E-state index contributed by atoms with van der Waals surface area (Å²) in [4.78, 5) is 0. The Kier molecular flexibility index (Phi) is 13.1. The summed E-state index contributed by atoms with van der Waals surface area (Å²) in [5, 5.41) is 0. The molecule has 1 fully saturated rings. The molecule has 4 unspecified atom stereocenters. The molecule has 0 spiro atoms. The van der Waals surface area contributed by atoms with Gasteiger partial charge in [-0.2, -0.15) is 0 Å². The van der Waals surface area contributed by atoms with Crippen LogP contribution in [0, 0.1) is 5.92 Å². The van der Waals surface area contributed by atoms with E-state index in [1.807, 2.05) is 42.5 Å². The lowest BCUT2D eigenvalue weighted by molar-refractivity contribution is 0.0682. The molecule has 1 aliphatic rings. The molecule has 2 aromatic carbocycles. The van der Waals surface area contributed by atoms with Crippen LogP contribution in [0.15, 0.2) is 72.8 Å². The highest BCUT2D eigenvalue weighted by atomic mass is 19.2. The normalized spacial score (nSPS) is 22.6. The largest absolute Gasteiger partial charge is 0.377 e. The van der Waals surface area contributed by atoms with Gasteiger partial charge in [0, 0.05) is 18.4 Å². The summed E-state index contributed by atoms with van der Waals surface area (Å²) < 4.78 is 35.1. The number of rotatable bonds is 16. The molecular formula is C32H44F2O. The summed E-state index contributed by atoms with van der Waals surface area (Å²) >= 11 is 0. The number of hydrogen-bond acceptors (Lipinski definition) is 1. The molecule has 0 heterocycles. The van der Waals surface area contributed by atoms with Gasteiger partial charge in [0.2, 0.25) is 0 Å². The van der Waals surface area contributed by atoms with Crippen LogP contribution in [0.25, 0.3) is 0 Å². The van der Waals surface area contributed by atoms with E-state index in [4.69, 9.17) is 4.74 Å². The van der Waals surface area contributed by atoms with Crippen molar-refractivity contribution in [3.63, 3.8) is 0 Å². The summed E-state index contributed by atoms with van der Waals surface area (Å²) in [5.74, 6) is -0.572. The third-order valence-electron chi connectivity index (χ3n) is 7.29. The van der Waals surface area contributed by atoms with Crippen LogP contribution in [-0.4, -0.2) is 19.0 Å². The van der Waals surface area contributed by atoms with Crippen LogP contribution in [0.5, 0.6) is 0 Å². The van der Waals surface area contributed by atoms with Gasteiger partial charge in [-0.1, -0.05) is 118 Å². The van der Waals surface area contributed by atoms with E-state index in [-0.39, 0.29) is 11.8 Å². The molecule has 2 aromatic rings. The zero-order chi connectivity index (χ0) is 24.6. The van der Waals surface area contributed by atoms with Gasteiger partial charge in [-0.25, -0.2) is 8.78 Å². The Bertz CT molecular complexity index is 807. The van der Waals surface area contributed by atoms with Gasteiger partial charge in [0.05, 0.1) is 6.61 Å². The Morgan fingerprint density at radius 2 is 1.29 bits per heavy atom. The highest BCUT2D eigenvalue weighted by Crippen LogP contribution is 2.40. The first-order chi connectivity index (χ1) is 17.3. The van der Waals surface area contributed by atoms with Gasteiger partial charge in [0.15, 0.2) is 0 Å². The van der Waals surface area contributed by atoms with Gasteiger partial charge in [-0.05, 0) is 43.2 Å². The number of hydrogen-bond donors (Lipinski definition) is 0. The van der Waals surface area contributed by atoms with Crippen LogP contribution in [0.3, 0.4) is 0 Å². The fraction of sp³-hybridized carbons (Fsp3) is 0.562. The second-order valence-corrected chi connectivity index (χ2v) is 10.1. The van der Waals surface area contributed by atoms with Gasteiger partial charge in [0.1, 0.15) is 12.3 Å². The first kappa shape index (κ1) is 27.6. The van der Waals surface area contributed by atoms with Gasteiger partial charge in [-0.3, -0.25) is 0 Å².